The van der Waals surface area contributed by atoms with Crippen LogP contribution in [0.4, 0.5) is 0 Å². The van der Waals surface area contributed by atoms with Crippen molar-refractivity contribution in [2.75, 3.05) is 20.2 Å². The monoisotopic (exact) mass is 395 g/mol. The Morgan fingerprint density at radius 1 is 1.19 bits per heavy atom. The molecule has 2 aliphatic rings. The zero-order valence-corrected chi connectivity index (χ0v) is 17.0. The van der Waals surface area contributed by atoms with Crippen LogP contribution in [0, 0.1) is 5.92 Å². The molecule has 2 aliphatic heterocycles. The zero-order valence-electron chi connectivity index (χ0n) is 16.1. The molecule has 0 saturated carbocycles. The molecule has 0 radical (unpaired) electrons. The minimum Gasteiger partial charge on any atom is -0.497 e. The lowest BCUT2D eigenvalue weighted by atomic mass is 10.0. The van der Waals surface area contributed by atoms with Crippen LogP contribution in [-0.2, 0) is 14.8 Å². The Morgan fingerprint density at radius 3 is 2.48 bits per heavy atom. The van der Waals surface area contributed by atoms with Crippen LogP contribution in [0.25, 0.3) is 0 Å². The molecule has 2 bridgehead atoms. The molecular formula is C19H29N3O4S. The fraction of sp³-hybridized carbons (Fsp3) is 0.632. The SMILES string of the molecule is COc1ccc(S(=O)(=O)NC(C(=O)N2CCC3CCC(C2)N3)C(C)C)cc1. The number of rotatable bonds is 6. The number of fused-ring (bicyclic) bond motifs is 2. The van der Waals surface area contributed by atoms with Crippen LogP contribution >= 0.6 is 0 Å². The number of sulfonamides is 1. The summed E-state index contributed by atoms with van der Waals surface area (Å²) in [4.78, 5) is 15.1. The van der Waals surface area contributed by atoms with Crippen molar-refractivity contribution in [1.29, 1.82) is 0 Å². The number of amides is 1. The highest BCUT2D eigenvalue weighted by Crippen LogP contribution is 2.22. The molecule has 0 aromatic heterocycles. The van der Waals surface area contributed by atoms with Gasteiger partial charge in [0.2, 0.25) is 15.9 Å². The van der Waals surface area contributed by atoms with Crippen LogP contribution in [0.3, 0.4) is 0 Å². The van der Waals surface area contributed by atoms with Gasteiger partial charge in [-0.3, -0.25) is 4.79 Å². The van der Waals surface area contributed by atoms with E-state index in [-0.39, 0.29) is 16.7 Å². The molecule has 7 nitrogen and oxygen atoms in total. The van der Waals surface area contributed by atoms with E-state index in [0.717, 1.165) is 19.3 Å². The number of hydrogen-bond donors (Lipinski definition) is 2. The van der Waals surface area contributed by atoms with E-state index in [2.05, 4.69) is 10.0 Å². The minimum absolute atomic E-state index is 0.123. The van der Waals surface area contributed by atoms with Crippen LogP contribution in [-0.4, -0.2) is 57.5 Å². The number of carbonyl (C=O) groups is 1. The first-order valence-electron chi connectivity index (χ1n) is 9.51. The molecule has 150 valence electrons. The molecule has 2 heterocycles. The Bertz CT molecular complexity index is 764. The van der Waals surface area contributed by atoms with Crippen LogP contribution in [0.5, 0.6) is 5.75 Å². The van der Waals surface area contributed by atoms with Crippen LogP contribution in [0.15, 0.2) is 29.2 Å². The van der Waals surface area contributed by atoms with Crippen molar-refractivity contribution in [3.05, 3.63) is 24.3 Å². The summed E-state index contributed by atoms with van der Waals surface area (Å²) >= 11 is 0. The lowest BCUT2D eigenvalue weighted by molar-refractivity contribution is -0.134. The maximum Gasteiger partial charge on any atom is 0.241 e. The Kier molecular flexibility index (Phi) is 6.08. The molecule has 3 unspecified atom stereocenters. The molecule has 2 saturated heterocycles. The normalized spacial score (nSPS) is 23.9. The van der Waals surface area contributed by atoms with E-state index in [4.69, 9.17) is 4.74 Å². The largest absolute Gasteiger partial charge is 0.497 e. The first kappa shape index (κ1) is 20.1. The summed E-state index contributed by atoms with van der Waals surface area (Å²) < 4.78 is 33.3. The average molecular weight is 396 g/mol. The summed E-state index contributed by atoms with van der Waals surface area (Å²) in [5.41, 5.74) is 0. The summed E-state index contributed by atoms with van der Waals surface area (Å²) in [6, 6.07) is 6.16. The number of methoxy groups -OCH3 is 1. The van der Waals surface area contributed by atoms with E-state index >= 15 is 0 Å². The number of hydrogen-bond acceptors (Lipinski definition) is 5. The van der Waals surface area contributed by atoms with Gasteiger partial charge >= 0.3 is 0 Å². The van der Waals surface area contributed by atoms with Crippen molar-refractivity contribution < 1.29 is 17.9 Å². The Balaban J connectivity index is 1.75. The number of nitrogens with one attached hydrogen (secondary N) is 2. The molecule has 8 heteroatoms. The fourth-order valence-electron chi connectivity index (χ4n) is 3.80. The first-order chi connectivity index (χ1) is 12.8. The molecule has 1 amide bonds. The van der Waals surface area contributed by atoms with E-state index < -0.39 is 16.1 Å². The number of carbonyl (C=O) groups excluding carboxylic acids is 1. The molecular weight excluding hydrogens is 366 g/mol. The summed E-state index contributed by atoms with van der Waals surface area (Å²) in [5.74, 6) is 0.285. The van der Waals surface area contributed by atoms with Crippen molar-refractivity contribution >= 4 is 15.9 Å². The summed E-state index contributed by atoms with van der Waals surface area (Å²) in [5, 5.41) is 3.55. The van der Waals surface area contributed by atoms with E-state index in [1.54, 1.807) is 12.1 Å². The molecule has 0 spiro atoms. The second-order valence-corrected chi connectivity index (χ2v) is 9.44. The highest BCUT2D eigenvalue weighted by molar-refractivity contribution is 7.89. The fourth-order valence-corrected chi connectivity index (χ4v) is 5.14. The van der Waals surface area contributed by atoms with Gasteiger partial charge in [0, 0.05) is 25.2 Å². The van der Waals surface area contributed by atoms with Gasteiger partial charge in [0.25, 0.3) is 0 Å². The smallest absolute Gasteiger partial charge is 0.241 e. The molecule has 1 aromatic carbocycles. The van der Waals surface area contributed by atoms with E-state index in [1.807, 2.05) is 18.7 Å². The van der Waals surface area contributed by atoms with Gasteiger partial charge in [-0.1, -0.05) is 13.8 Å². The van der Waals surface area contributed by atoms with Crippen molar-refractivity contribution in [2.24, 2.45) is 5.92 Å². The van der Waals surface area contributed by atoms with Crippen molar-refractivity contribution in [3.8, 4) is 5.75 Å². The third-order valence-electron chi connectivity index (χ3n) is 5.42. The maximum atomic E-state index is 13.1. The molecule has 0 aliphatic carbocycles. The minimum atomic E-state index is -3.80. The Labute approximate surface area is 161 Å². The summed E-state index contributed by atoms with van der Waals surface area (Å²) in [6.45, 7) is 5.03. The van der Waals surface area contributed by atoms with E-state index in [1.165, 1.54) is 19.2 Å². The van der Waals surface area contributed by atoms with Crippen LogP contribution in [0.1, 0.15) is 33.1 Å². The second-order valence-electron chi connectivity index (χ2n) is 7.73. The number of likely N-dealkylation sites (tertiary alicyclic amines) is 1. The van der Waals surface area contributed by atoms with E-state index in [0.29, 0.717) is 30.9 Å². The van der Waals surface area contributed by atoms with Crippen LogP contribution in [0.2, 0.25) is 0 Å². The third kappa shape index (κ3) is 4.62. The summed E-state index contributed by atoms with van der Waals surface area (Å²) in [6.07, 6.45) is 3.14. The van der Waals surface area contributed by atoms with Gasteiger partial charge in [0.05, 0.1) is 12.0 Å². The molecule has 27 heavy (non-hydrogen) atoms. The second kappa shape index (κ2) is 8.16. The predicted molar refractivity (Wildman–Crippen MR) is 103 cm³/mol. The lowest BCUT2D eigenvalue weighted by Crippen LogP contribution is -2.52. The average Bonchev–Trinajstić information content (AvgIpc) is 2.97. The quantitative estimate of drug-likeness (QED) is 0.759. The number of ether oxygens (including phenoxy) is 1. The van der Waals surface area contributed by atoms with Gasteiger partial charge in [-0.05, 0) is 49.4 Å². The highest BCUT2D eigenvalue weighted by Gasteiger charge is 2.36. The van der Waals surface area contributed by atoms with Crippen molar-refractivity contribution in [3.63, 3.8) is 0 Å². The van der Waals surface area contributed by atoms with Gasteiger partial charge in [-0.25, -0.2) is 8.42 Å². The van der Waals surface area contributed by atoms with E-state index in [9.17, 15) is 13.2 Å². The van der Waals surface area contributed by atoms with Gasteiger partial charge in [-0.2, -0.15) is 4.72 Å². The number of nitrogens with zero attached hydrogens (tertiary/aromatic N) is 1. The first-order valence-corrected chi connectivity index (χ1v) is 11.0. The Hall–Kier alpha value is -1.64. The number of benzene rings is 1. The topological polar surface area (TPSA) is 87.7 Å². The highest BCUT2D eigenvalue weighted by atomic mass is 32.2. The van der Waals surface area contributed by atoms with Gasteiger partial charge in [0.1, 0.15) is 11.8 Å². The zero-order chi connectivity index (χ0) is 19.6. The third-order valence-corrected chi connectivity index (χ3v) is 6.88. The van der Waals surface area contributed by atoms with Crippen molar-refractivity contribution in [2.45, 2.75) is 56.1 Å². The predicted octanol–water partition coefficient (Wildman–Crippen LogP) is 1.35. The molecule has 1 aromatic rings. The molecule has 3 rings (SSSR count). The van der Waals surface area contributed by atoms with Gasteiger partial charge in [0.15, 0.2) is 0 Å². The van der Waals surface area contributed by atoms with Crippen LogP contribution < -0.4 is 14.8 Å². The Morgan fingerprint density at radius 2 is 1.85 bits per heavy atom. The molecule has 2 N–H and O–H groups in total. The molecule has 3 atom stereocenters. The lowest BCUT2D eigenvalue weighted by Gasteiger charge is -2.30. The molecule has 2 fully saturated rings. The standard InChI is InChI=1S/C19H29N3O4S/c1-13(2)18(19(23)22-11-10-14-4-5-15(12-22)20-14)21-27(24,25)17-8-6-16(26-3)7-9-17/h6-9,13-15,18,20-21H,4-5,10-12H2,1-3H3. The van der Waals surface area contributed by atoms with Gasteiger partial charge < -0.3 is 15.0 Å². The van der Waals surface area contributed by atoms with Crippen molar-refractivity contribution in [1.82, 2.24) is 14.9 Å². The van der Waals surface area contributed by atoms with Gasteiger partial charge in [-0.15, -0.1) is 0 Å². The maximum absolute atomic E-state index is 13.1. The summed E-state index contributed by atoms with van der Waals surface area (Å²) in [7, 11) is -2.28.